The Hall–Kier alpha value is -2.74. The summed E-state index contributed by atoms with van der Waals surface area (Å²) in [4.78, 5) is 23.0. The van der Waals surface area contributed by atoms with Gasteiger partial charge in [0.25, 0.3) is 11.6 Å². The predicted octanol–water partition coefficient (Wildman–Crippen LogP) is 2.42. The fraction of sp³-hybridized carbons (Fsp3) is 0.474. The summed E-state index contributed by atoms with van der Waals surface area (Å²) < 4.78 is 1.55. The molecule has 2 aliphatic rings. The van der Waals surface area contributed by atoms with Crippen LogP contribution in [-0.4, -0.2) is 32.7 Å². The van der Waals surface area contributed by atoms with Crippen molar-refractivity contribution in [2.75, 3.05) is 0 Å². The molecule has 1 aromatic carbocycles. The lowest BCUT2D eigenvalue weighted by Crippen LogP contribution is -2.53. The molecule has 1 amide bonds. The number of nitro benzene ring substituents is 1. The molecule has 27 heavy (non-hydrogen) atoms. The molecule has 2 unspecified atom stereocenters. The number of carbonyl (C=O) groups is 1. The number of nitro groups is 1. The fourth-order valence-corrected chi connectivity index (χ4v) is 4.57. The molecule has 0 saturated heterocycles. The van der Waals surface area contributed by atoms with Crippen molar-refractivity contribution in [3.05, 3.63) is 52.3 Å². The maximum atomic E-state index is 12.7. The SMILES string of the molecule is NC1CC2CCCC(C1)C2NC(=O)c1cnn(-c2ccc([N+](=O)[O-])cc2)c1. The summed E-state index contributed by atoms with van der Waals surface area (Å²) in [7, 11) is 0. The number of nitrogens with two attached hydrogens (primary N) is 1. The van der Waals surface area contributed by atoms with Gasteiger partial charge in [-0.2, -0.15) is 5.10 Å². The molecule has 2 saturated carbocycles. The maximum Gasteiger partial charge on any atom is 0.269 e. The summed E-state index contributed by atoms with van der Waals surface area (Å²) in [5.41, 5.74) is 7.33. The van der Waals surface area contributed by atoms with Crippen molar-refractivity contribution in [2.24, 2.45) is 17.6 Å². The van der Waals surface area contributed by atoms with E-state index in [0.29, 0.717) is 23.1 Å². The number of amides is 1. The fourth-order valence-electron chi connectivity index (χ4n) is 4.57. The Morgan fingerprint density at radius 2 is 1.89 bits per heavy atom. The smallest absolute Gasteiger partial charge is 0.269 e. The lowest BCUT2D eigenvalue weighted by atomic mass is 9.67. The predicted molar refractivity (Wildman–Crippen MR) is 99.5 cm³/mol. The summed E-state index contributed by atoms with van der Waals surface area (Å²) in [6.07, 6.45) is 8.59. The standard InChI is InChI=1S/C19H23N5O3/c20-15-8-12-2-1-3-13(9-15)18(12)22-19(25)14-10-21-23(11-14)16-4-6-17(7-5-16)24(26)27/h4-7,10-13,15,18H,1-3,8-9,20H2,(H,22,25). The number of hydrogen-bond acceptors (Lipinski definition) is 5. The van der Waals surface area contributed by atoms with Crippen molar-refractivity contribution in [1.82, 2.24) is 15.1 Å². The highest BCUT2D eigenvalue weighted by Gasteiger charge is 2.40. The highest BCUT2D eigenvalue weighted by atomic mass is 16.6. The Morgan fingerprint density at radius 1 is 1.22 bits per heavy atom. The average Bonchev–Trinajstić information content (AvgIpc) is 3.13. The molecule has 142 valence electrons. The molecule has 8 nitrogen and oxygen atoms in total. The highest BCUT2D eigenvalue weighted by molar-refractivity contribution is 5.94. The van der Waals surface area contributed by atoms with Crippen LogP contribution in [0.4, 0.5) is 5.69 Å². The molecule has 0 radical (unpaired) electrons. The maximum absolute atomic E-state index is 12.7. The Kier molecular flexibility index (Phi) is 4.65. The Labute approximate surface area is 156 Å². The number of nitrogens with zero attached hydrogens (tertiary/aromatic N) is 3. The molecule has 2 aliphatic carbocycles. The van der Waals surface area contributed by atoms with Gasteiger partial charge in [0, 0.05) is 30.4 Å². The number of fused-ring (bicyclic) bond motifs is 2. The van der Waals surface area contributed by atoms with Crippen LogP contribution in [0.1, 0.15) is 42.5 Å². The van der Waals surface area contributed by atoms with Crippen LogP contribution in [0.2, 0.25) is 0 Å². The van der Waals surface area contributed by atoms with Gasteiger partial charge in [-0.05, 0) is 49.7 Å². The minimum absolute atomic E-state index is 0.0194. The van der Waals surface area contributed by atoms with Gasteiger partial charge < -0.3 is 11.1 Å². The number of non-ortho nitro benzene ring substituents is 1. The minimum Gasteiger partial charge on any atom is -0.349 e. The number of hydrogen-bond donors (Lipinski definition) is 2. The van der Waals surface area contributed by atoms with Gasteiger partial charge in [0.05, 0.1) is 22.4 Å². The number of benzene rings is 1. The van der Waals surface area contributed by atoms with Gasteiger partial charge >= 0.3 is 0 Å². The second-order valence-electron chi connectivity index (χ2n) is 7.63. The molecule has 1 aromatic heterocycles. The van der Waals surface area contributed by atoms with Crippen molar-refractivity contribution in [3.63, 3.8) is 0 Å². The highest BCUT2D eigenvalue weighted by Crippen LogP contribution is 2.39. The van der Waals surface area contributed by atoms with E-state index in [1.54, 1.807) is 23.0 Å². The van der Waals surface area contributed by atoms with Crippen molar-refractivity contribution >= 4 is 11.6 Å². The Balaban J connectivity index is 1.46. The zero-order valence-corrected chi connectivity index (χ0v) is 15.0. The largest absolute Gasteiger partial charge is 0.349 e. The van der Waals surface area contributed by atoms with E-state index in [1.807, 2.05) is 0 Å². The second kappa shape index (κ2) is 7.11. The first-order valence-electron chi connectivity index (χ1n) is 9.37. The third-order valence-corrected chi connectivity index (χ3v) is 5.84. The minimum atomic E-state index is -0.446. The van der Waals surface area contributed by atoms with Crippen LogP contribution in [0.15, 0.2) is 36.7 Å². The van der Waals surface area contributed by atoms with Crippen LogP contribution >= 0.6 is 0 Å². The molecule has 3 N–H and O–H groups in total. The van der Waals surface area contributed by atoms with E-state index in [9.17, 15) is 14.9 Å². The van der Waals surface area contributed by atoms with E-state index < -0.39 is 4.92 Å². The summed E-state index contributed by atoms with van der Waals surface area (Å²) in [6.45, 7) is 0. The van der Waals surface area contributed by atoms with Gasteiger partial charge in [0.1, 0.15) is 0 Å². The van der Waals surface area contributed by atoms with Gasteiger partial charge in [0.2, 0.25) is 0 Å². The van der Waals surface area contributed by atoms with Crippen LogP contribution in [-0.2, 0) is 0 Å². The summed E-state index contributed by atoms with van der Waals surface area (Å²) in [6, 6.07) is 6.50. The first kappa shape index (κ1) is 17.7. The van der Waals surface area contributed by atoms with Gasteiger partial charge in [-0.1, -0.05) is 6.42 Å². The van der Waals surface area contributed by atoms with Crippen LogP contribution in [0.5, 0.6) is 0 Å². The number of nitrogens with one attached hydrogen (secondary N) is 1. The molecule has 2 bridgehead atoms. The third kappa shape index (κ3) is 3.57. The molecule has 1 heterocycles. The molecular weight excluding hydrogens is 346 g/mol. The lowest BCUT2D eigenvalue weighted by molar-refractivity contribution is -0.384. The van der Waals surface area contributed by atoms with Gasteiger partial charge in [-0.15, -0.1) is 0 Å². The molecule has 0 aliphatic heterocycles. The normalized spacial score (nSPS) is 27.1. The first-order chi connectivity index (χ1) is 13.0. The third-order valence-electron chi connectivity index (χ3n) is 5.84. The summed E-state index contributed by atoms with van der Waals surface area (Å²) >= 11 is 0. The average molecular weight is 369 g/mol. The van der Waals surface area contributed by atoms with E-state index in [4.69, 9.17) is 5.73 Å². The molecule has 2 aromatic rings. The monoisotopic (exact) mass is 369 g/mol. The first-order valence-corrected chi connectivity index (χ1v) is 9.37. The molecule has 2 fully saturated rings. The Bertz CT molecular complexity index is 833. The molecule has 0 spiro atoms. The summed E-state index contributed by atoms with van der Waals surface area (Å²) in [5.74, 6) is 0.794. The van der Waals surface area contributed by atoms with E-state index >= 15 is 0 Å². The van der Waals surface area contributed by atoms with Gasteiger partial charge in [0.15, 0.2) is 0 Å². The van der Waals surface area contributed by atoms with E-state index in [0.717, 1.165) is 25.7 Å². The van der Waals surface area contributed by atoms with Crippen LogP contribution < -0.4 is 11.1 Å². The molecule has 8 heteroatoms. The van der Waals surface area contributed by atoms with Crippen LogP contribution in [0, 0.1) is 22.0 Å². The van der Waals surface area contributed by atoms with Crippen molar-refractivity contribution in [2.45, 2.75) is 44.2 Å². The van der Waals surface area contributed by atoms with E-state index in [1.165, 1.54) is 24.8 Å². The second-order valence-corrected chi connectivity index (χ2v) is 7.63. The summed E-state index contributed by atoms with van der Waals surface area (Å²) in [5, 5.41) is 18.2. The number of aromatic nitrogens is 2. The molecule has 4 rings (SSSR count). The van der Waals surface area contributed by atoms with Gasteiger partial charge in [-0.25, -0.2) is 4.68 Å². The Morgan fingerprint density at radius 3 is 2.52 bits per heavy atom. The zero-order valence-electron chi connectivity index (χ0n) is 15.0. The van der Waals surface area contributed by atoms with Crippen molar-refractivity contribution in [3.8, 4) is 5.69 Å². The zero-order chi connectivity index (χ0) is 19.0. The number of rotatable bonds is 4. The molecular formula is C19H23N5O3. The quantitative estimate of drug-likeness (QED) is 0.634. The van der Waals surface area contributed by atoms with Crippen LogP contribution in [0.3, 0.4) is 0 Å². The van der Waals surface area contributed by atoms with Gasteiger partial charge in [-0.3, -0.25) is 14.9 Å². The topological polar surface area (TPSA) is 116 Å². The number of carbonyl (C=O) groups excluding carboxylic acids is 1. The van der Waals surface area contributed by atoms with E-state index in [2.05, 4.69) is 10.4 Å². The lowest BCUT2D eigenvalue weighted by Gasteiger charge is -2.45. The molecule has 2 atom stereocenters. The van der Waals surface area contributed by atoms with Crippen molar-refractivity contribution in [1.29, 1.82) is 0 Å². The van der Waals surface area contributed by atoms with Crippen LogP contribution in [0.25, 0.3) is 5.69 Å². The van der Waals surface area contributed by atoms with E-state index in [-0.39, 0.29) is 23.7 Å². The van der Waals surface area contributed by atoms with Crippen molar-refractivity contribution < 1.29 is 9.72 Å².